The minimum absolute atomic E-state index is 0.0295. The van der Waals surface area contributed by atoms with Crippen molar-refractivity contribution in [2.24, 2.45) is 0 Å². The number of aromatic amines is 1. The molecule has 1 fully saturated rings. The van der Waals surface area contributed by atoms with E-state index in [2.05, 4.69) is 25.5 Å². The number of ether oxygens (including phenoxy) is 1. The molecule has 0 bridgehead atoms. The summed E-state index contributed by atoms with van der Waals surface area (Å²) >= 11 is 0. The highest BCUT2D eigenvalue weighted by Gasteiger charge is 2.23. The van der Waals surface area contributed by atoms with E-state index < -0.39 is 0 Å². The van der Waals surface area contributed by atoms with Crippen molar-refractivity contribution in [1.82, 2.24) is 24.9 Å². The number of morpholine rings is 1. The van der Waals surface area contributed by atoms with Crippen molar-refractivity contribution < 1.29 is 9.53 Å². The lowest BCUT2D eigenvalue weighted by Crippen LogP contribution is -2.47. The van der Waals surface area contributed by atoms with E-state index in [1.807, 2.05) is 37.8 Å². The van der Waals surface area contributed by atoms with E-state index in [0.717, 1.165) is 35.7 Å². The largest absolute Gasteiger partial charge is 0.374 e. The Bertz CT molecular complexity index is 688. The molecule has 2 aromatic rings. The molecule has 8 nitrogen and oxygen atoms in total. The van der Waals surface area contributed by atoms with E-state index in [-0.39, 0.29) is 12.0 Å². The minimum Gasteiger partial charge on any atom is -0.374 e. The van der Waals surface area contributed by atoms with E-state index in [1.165, 1.54) is 0 Å². The fourth-order valence-corrected chi connectivity index (χ4v) is 2.93. The normalized spacial score (nSPS) is 18.7. The Labute approximate surface area is 141 Å². The van der Waals surface area contributed by atoms with Gasteiger partial charge in [0, 0.05) is 19.3 Å². The van der Waals surface area contributed by atoms with Crippen LogP contribution in [-0.2, 0) is 16.1 Å². The van der Waals surface area contributed by atoms with Crippen molar-refractivity contribution in [3.63, 3.8) is 0 Å². The molecule has 1 aliphatic rings. The number of carbonyl (C=O) groups is 1. The van der Waals surface area contributed by atoms with Crippen LogP contribution in [0.15, 0.2) is 12.4 Å². The first kappa shape index (κ1) is 16.7. The quantitative estimate of drug-likeness (QED) is 0.848. The van der Waals surface area contributed by atoms with Crippen LogP contribution in [0.25, 0.3) is 0 Å². The van der Waals surface area contributed by atoms with E-state index in [9.17, 15) is 4.79 Å². The third-order valence-electron chi connectivity index (χ3n) is 4.14. The number of hydrogen-bond donors (Lipinski definition) is 2. The molecule has 0 saturated carbocycles. The Morgan fingerprint density at radius 1 is 1.46 bits per heavy atom. The molecule has 1 aliphatic heterocycles. The molecule has 3 heterocycles. The van der Waals surface area contributed by atoms with Crippen molar-refractivity contribution in [2.75, 3.05) is 31.6 Å². The maximum absolute atomic E-state index is 12.3. The van der Waals surface area contributed by atoms with Crippen LogP contribution in [0.1, 0.15) is 17.0 Å². The molecular formula is C16H24N6O2. The average molecular weight is 332 g/mol. The fraction of sp³-hybridized carbons (Fsp3) is 0.562. The average Bonchev–Trinajstić information content (AvgIpc) is 3.08. The zero-order chi connectivity index (χ0) is 17.1. The van der Waals surface area contributed by atoms with Crippen LogP contribution in [0.4, 0.5) is 5.69 Å². The summed E-state index contributed by atoms with van der Waals surface area (Å²) in [7, 11) is 0. The van der Waals surface area contributed by atoms with Gasteiger partial charge >= 0.3 is 0 Å². The van der Waals surface area contributed by atoms with Crippen molar-refractivity contribution in [2.45, 2.75) is 33.4 Å². The Balaban J connectivity index is 1.52. The summed E-state index contributed by atoms with van der Waals surface area (Å²) in [4.78, 5) is 14.4. The monoisotopic (exact) mass is 332 g/mol. The van der Waals surface area contributed by atoms with Crippen LogP contribution in [0.5, 0.6) is 0 Å². The van der Waals surface area contributed by atoms with Crippen LogP contribution in [-0.4, -0.2) is 63.1 Å². The Morgan fingerprint density at radius 3 is 2.96 bits per heavy atom. The maximum Gasteiger partial charge on any atom is 0.238 e. The number of anilines is 1. The molecule has 0 spiro atoms. The van der Waals surface area contributed by atoms with Gasteiger partial charge in [0.05, 0.1) is 49.1 Å². The number of nitrogens with one attached hydrogen (secondary N) is 2. The van der Waals surface area contributed by atoms with Crippen LogP contribution in [0.3, 0.4) is 0 Å². The number of rotatable bonds is 5. The molecule has 2 N–H and O–H groups in total. The second kappa shape index (κ2) is 7.14. The molecule has 0 radical (unpaired) electrons. The fourth-order valence-electron chi connectivity index (χ4n) is 2.93. The summed E-state index contributed by atoms with van der Waals surface area (Å²) in [6.45, 7) is 8.93. The number of carbonyl (C=O) groups excluding carboxylic acids is 1. The number of H-pyrrole nitrogens is 1. The molecule has 8 heteroatoms. The number of nitrogens with zero attached hydrogens (tertiary/aromatic N) is 4. The molecule has 1 saturated heterocycles. The summed E-state index contributed by atoms with van der Waals surface area (Å²) in [6, 6.07) is 0. The highest BCUT2D eigenvalue weighted by Crippen LogP contribution is 2.16. The van der Waals surface area contributed by atoms with Gasteiger partial charge < -0.3 is 10.1 Å². The van der Waals surface area contributed by atoms with Crippen LogP contribution >= 0.6 is 0 Å². The van der Waals surface area contributed by atoms with Gasteiger partial charge in [-0.05, 0) is 26.3 Å². The van der Waals surface area contributed by atoms with Gasteiger partial charge in [0.2, 0.25) is 5.91 Å². The van der Waals surface area contributed by atoms with Crippen LogP contribution in [0.2, 0.25) is 0 Å². The Hall–Kier alpha value is -2.19. The molecule has 1 amide bonds. The molecule has 0 unspecified atom stereocenters. The van der Waals surface area contributed by atoms with E-state index in [0.29, 0.717) is 19.7 Å². The SMILES string of the molecule is Cc1cnn(C[C@H]2CN(CC(=O)Nc3c(C)n[nH]c3C)CCO2)c1. The van der Waals surface area contributed by atoms with Gasteiger partial charge in [-0.25, -0.2) is 0 Å². The summed E-state index contributed by atoms with van der Waals surface area (Å²) in [5.41, 5.74) is 3.58. The number of hydrogen-bond acceptors (Lipinski definition) is 5. The predicted molar refractivity (Wildman–Crippen MR) is 89.8 cm³/mol. The predicted octanol–water partition coefficient (Wildman–Crippen LogP) is 0.871. The molecule has 1 atom stereocenters. The second-order valence-corrected chi connectivity index (χ2v) is 6.32. The van der Waals surface area contributed by atoms with Crippen molar-refractivity contribution in [3.8, 4) is 0 Å². The van der Waals surface area contributed by atoms with Gasteiger partial charge in [-0.3, -0.25) is 19.5 Å². The van der Waals surface area contributed by atoms with Gasteiger partial charge in [-0.1, -0.05) is 0 Å². The Morgan fingerprint density at radius 2 is 2.29 bits per heavy atom. The number of aromatic nitrogens is 4. The van der Waals surface area contributed by atoms with Crippen molar-refractivity contribution in [3.05, 3.63) is 29.3 Å². The third kappa shape index (κ3) is 4.01. The molecule has 0 aliphatic carbocycles. The van der Waals surface area contributed by atoms with Gasteiger partial charge in [0.25, 0.3) is 0 Å². The summed E-state index contributed by atoms with van der Waals surface area (Å²) in [5, 5.41) is 14.2. The van der Waals surface area contributed by atoms with Crippen LogP contribution < -0.4 is 5.32 Å². The Kier molecular flexibility index (Phi) is 4.96. The van der Waals surface area contributed by atoms with Crippen molar-refractivity contribution >= 4 is 11.6 Å². The molecule has 3 rings (SSSR count). The van der Waals surface area contributed by atoms with E-state index in [4.69, 9.17) is 4.74 Å². The zero-order valence-corrected chi connectivity index (χ0v) is 14.4. The van der Waals surface area contributed by atoms with Gasteiger partial charge in [-0.15, -0.1) is 0 Å². The minimum atomic E-state index is -0.0295. The first-order chi connectivity index (χ1) is 11.5. The molecule has 130 valence electrons. The molecule has 2 aromatic heterocycles. The summed E-state index contributed by atoms with van der Waals surface area (Å²) < 4.78 is 7.69. The van der Waals surface area contributed by atoms with E-state index in [1.54, 1.807) is 0 Å². The maximum atomic E-state index is 12.3. The van der Waals surface area contributed by atoms with Gasteiger partial charge in [-0.2, -0.15) is 10.2 Å². The van der Waals surface area contributed by atoms with Crippen LogP contribution in [0, 0.1) is 20.8 Å². The first-order valence-electron chi connectivity index (χ1n) is 8.15. The highest BCUT2D eigenvalue weighted by molar-refractivity contribution is 5.93. The lowest BCUT2D eigenvalue weighted by Gasteiger charge is -2.32. The van der Waals surface area contributed by atoms with E-state index >= 15 is 0 Å². The lowest BCUT2D eigenvalue weighted by atomic mass is 10.2. The topological polar surface area (TPSA) is 88.1 Å². The molecular weight excluding hydrogens is 308 g/mol. The smallest absolute Gasteiger partial charge is 0.238 e. The number of aryl methyl sites for hydroxylation is 3. The van der Waals surface area contributed by atoms with Gasteiger partial charge in [0.15, 0.2) is 0 Å². The highest BCUT2D eigenvalue weighted by atomic mass is 16.5. The van der Waals surface area contributed by atoms with Crippen molar-refractivity contribution in [1.29, 1.82) is 0 Å². The summed E-state index contributed by atoms with van der Waals surface area (Å²) in [6.07, 6.45) is 3.88. The van der Waals surface area contributed by atoms with Gasteiger partial charge in [0.1, 0.15) is 0 Å². The second-order valence-electron chi connectivity index (χ2n) is 6.32. The summed E-state index contributed by atoms with van der Waals surface area (Å²) in [5.74, 6) is -0.0295. The standard InChI is InChI=1S/C16H24N6O2/c1-11-6-17-22(7-11)9-14-8-21(4-5-24-14)10-15(23)18-16-12(2)19-20-13(16)3/h6-7,14H,4-5,8-10H2,1-3H3,(H,18,23)(H,19,20)/t14-/m1/s1. The lowest BCUT2D eigenvalue weighted by molar-refractivity contribution is -0.119. The number of amides is 1. The molecule has 24 heavy (non-hydrogen) atoms. The first-order valence-corrected chi connectivity index (χ1v) is 8.15. The molecule has 0 aromatic carbocycles. The zero-order valence-electron chi connectivity index (χ0n) is 14.4. The third-order valence-corrected chi connectivity index (χ3v) is 4.14.